The molecule has 2 aromatic carbocycles. The summed E-state index contributed by atoms with van der Waals surface area (Å²) in [7, 11) is 0. The quantitative estimate of drug-likeness (QED) is 0.733. The lowest BCUT2D eigenvalue weighted by molar-refractivity contribution is 0.0698. The van der Waals surface area contributed by atoms with Crippen molar-refractivity contribution in [1.29, 1.82) is 0 Å². The minimum absolute atomic E-state index is 0.0564. The minimum atomic E-state index is -1.07. The number of nitrogens with one attached hydrogen (secondary N) is 1. The molecule has 2 aromatic rings. The van der Waals surface area contributed by atoms with Crippen molar-refractivity contribution in [2.75, 3.05) is 17.6 Å². The number of hydrogen-bond donors (Lipinski definition) is 3. The molecule has 0 amide bonds. The van der Waals surface area contributed by atoms with Crippen LogP contribution in [-0.2, 0) is 6.42 Å². The number of benzene rings is 2. The van der Waals surface area contributed by atoms with Crippen LogP contribution in [0, 0.1) is 5.82 Å². The van der Waals surface area contributed by atoms with Crippen molar-refractivity contribution in [3.8, 4) is 0 Å². The van der Waals surface area contributed by atoms with Crippen molar-refractivity contribution >= 4 is 17.3 Å². The maximum atomic E-state index is 13.4. The van der Waals surface area contributed by atoms with Crippen LogP contribution >= 0.6 is 0 Å². The topological polar surface area (TPSA) is 75.3 Å². The number of carboxylic acids is 1. The molecule has 0 saturated carbocycles. The van der Waals surface area contributed by atoms with Gasteiger partial charge in [0.1, 0.15) is 5.82 Å². The second-order valence-corrected chi connectivity index (χ2v) is 4.34. The molecule has 0 aromatic heterocycles. The Morgan fingerprint density at radius 3 is 2.65 bits per heavy atom. The Hall–Kier alpha value is -2.56. The molecule has 0 heterocycles. The van der Waals surface area contributed by atoms with Crippen LogP contribution in [0.4, 0.5) is 15.8 Å². The molecule has 104 valence electrons. The zero-order chi connectivity index (χ0) is 14.5. The van der Waals surface area contributed by atoms with E-state index < -0.39 is 5.97 Å². The van der Waals surface area contributed by atoms with Gasteiger partial charge in [-0.25, -0.2) is 9.18 Å². The molecular formula is C15H15FN2O2. The van der Waals surface area contributed by atoms with Crippen LogP contribution in [0.15, 0.2) is 42.5 Å². The summed E-state index contributed by atoms with van der Waals surface area (Å²) in [4.78, 5) is 11.0. The zero-order valence-electron chi connectivity index (χ0n) is 10.8. The van der Waals surface area contributed by atoms with Gasteiger partial charge in [-0.1, -0.05) is 24.3 Å². The Labute approximate surface area is 116 Å². The number of para-hydroxylation sites is 1. The molecule has 0 unspecified atom stereocenters. The third-order valence-corrected chi connectivity index (χ3v) is 3.00. The smallest absolute Gasteiger partial charge is 0.337 e. The standard InChI is InChI=1S/C15H15FN2O2/c16-12-6-2-1-4-10(12)8-9-18-13-7-3-5-11(14(13)17)15(19)20/h1-7,18H,8-9,17H2,(H,19,20). The number of anilines is 2. The van der Waals surface area contributed by atoms with Crippen LogP contribution in [0.25, 0.3) is 0 Å². The van der Waals surface area contributed by atoms with E-state index in [1.54, 1.807) is 30.3 Å². The highest BCUT2D eigenvalue weighted by atomic mass is 19.1. The summed E-state index contributed by atoms with van der Waals surface area (Å²) in [5.41, 5.74) is 7.17. The van der Waals surface area contributed by atoms with Crippen LogP contribution in [0.2, 0.25) is 0 Å². The number of hydrogen-bond acceptors (Lipinski definition) is 3. The molecule has 4 nitrogen and oxygen atoms in total. The van der Waals surface area contributed by atoms with E-state index in [2.05, 4.69) is 5.32 Å². The van der Waals surface area contributed by atoms with Crippen LogP contribution in [-0.4, -0.2) is 17.6 Å². The van der Waals surface area contributed by atoms with E-state index in [1.807, 2.05) is 0 Å². The Bertz CT molecular complexity index is 629. The van der Waals surface area contributed by atoms with Gasteiger partial charge in [-0.3, -0.25) is 0 Å². The van der Waals surface area contributed by atoms with Gasteiger partial charge in [-0.05, 0) is 30.2 Å². The van der Waals surface area contributed by atoms with Crippen LogP contribution in [0.5, 0.6) is 0 Å². The number of carboxylic acid groups (broad SMARTS) is 1. The number of carbonyl (C=O) groups is 1. The average molecular weight is 274 g/mol. The summed E-state index contributed by atoms with van der Waals surface area (Å²) in [6.07, 6.45) is 0.489. The first-order chi connectivity index (χ1) is 9.59. The lowest BCUT2D eigenvalue weighted by Crippen LogP contribution is -2.10. The Morgan fingerprint density at radius 2 is 1.95 bits per heavy atom. The Kier molecular flexibility index (Phi) is 4.20. The molecule has 4 N–H and O–H groups in total. The van der Waals surface area contributed by atoms with Crippen LogP contribution in [0.1, 0.15) is 15.9 Å². The largest absolute Gasteiger partial charge is 0.478 e. The summed E-state index contributed by atoms with van der Waals surface area (Å²) >= 11 is 0. The highest BCUT2D eigenvalue weighted by molar-refractivity contribution is 5.97. The molecule has 0 atom stereocenters. The highest BCUT2D eigenvalue weighted by Crippen LogP contribution is 2.22. The lowest BCUT2D eigenvalue weighted by atomic mass is 10.1. The van der Waals surface area contributed by atoms with Crippen molar-refractivity contribution in [3.63, 3.8) is 0 Å². The molecule has 0 aliphatic carbocycles. The van der Waals surface area contributed by atoms with Gasteiger partial charge in [-0.2, -0.15) is 0 Å². The van der Waals surface area contributed by atoms with Gasteiger partial charge in [-0.15, -0.1) is 0 Å². The summed E-state index contributed by atoms with van der Waals surface area (Å²) in [5, 5.41) is 12.0. The molecule has 0 bridgehead atoms. The second-order valence-electron chi connectivity index (χ2n) is 4.34. The Balaban J connectivity index is 2.03. The van der Waals surface area contributed by atoms with E-state index in [1.165, 1.54) is 12.1 Å². The molecular weight excluding hydrogens is 259 g/mol. The molecule has 2 rings (SSSR count). The number of rotatable bonds is 5. The average Bonchev–Trinajstić information content (AvgIpc) is 2.42. The molecule has 5 heteroatoms. The Morgan fingerprint density at radius 1 is 1.20 bits per heavy atom. The molecule has 20 heavy (non-hydrogen) atoms. The second kappa shape index (κ2) is 6.06. The summed E-state index contributed by atoms with van der Waals surface area (Å²) in [6, 6.07) is 11.3. The predicted octanol–water partition coefficient (Wildman–Crippen LogP) is 2.76. The van der Waals surface area contributed by atoms with Gasteiger partial charge >= 0.3 is 5.97 Å². The van der Waals surface area contributed by atoms with Crippen LogP contribution in [0.3, 0.4) is 0 Å². The molecule has 0 fully saturated rings. The van der Waals surface area contributed by atoms with Gasteiger partial charge < -0.3 is 16.2 Å². The van der Waals surface area contributed by atoms with E-state index in [9.17, 15) is 9.18 Å². The number of halogens is 1. The molecule has 0 spiro atoms. The molecule has 0 aliphatic rings. The maximum absolute atomic E-state index is 13.4. The van der Waals surface area contributed by atoms with Crippen molar-refractivity contribution in [1.82, 2.24) is 0 Å². The van der Waals surface area contributed by atoms with Crippen LogP contribution < -0.4 is 11.1 Å². The van der Waals surface area contributed by atoms with E-state index >= 15 is 0 Å². The maximum Gasteiger partial charge on any atom is 0.337 e. The fourth-order valence-electron chi connectivity index (χ4n) is 1.94. The third kappa shape index (κ3) is 3.06. The first kappa shape index (κ1) is 13.9. The van der Waals surface area contributed by atoms with Crippen molar-refractivity contribution in [2.24, 2.45) is 0 Å². The van der Waals surface area contributed by atoms with Crippen molar-refractivity contribution in [3.05, 3.63) is 59.4 Å². The molecule has 0 saturated heterocycles. The summed E-state index contributed by atoms with van der Waals surface area (Å²) in [5.74, 6) is -1.32. The molecule has 0 radical (unpaired) electrons. The van der Waals surface area contributed by atoms with Gasteiger partial charge in [0.2, 0.25) is 0 Å². The third-order valence-electron chi connectivity index (χ3n) is 3.00. The highest BCUT2D eigenvalue weighted by Gasteiger charge is 2.10. The summed E-state index contributed by atoms with van der Waals surface area (Å²) in [6.45, 7) is 0.466. The predicted molar refractivity (Wildman–Crippen MR) is 76.4 cm³/mol. The van der Waals surface area contributed by atoms with Crippen molar-refractivity contribution in [2.45, 2.75) is 6.42 Å². The van der Waals surface area contributed by atoms with Gasteiger partial charge in [0.25, 0.3) is 0 Å². The van der Waals surface area contributed by atoms with E-state index in [0.29, 0.717) is 24.2 Å². The number of nitrogen functional groups attached to an aromatic ring is 1. The SMILES string of the molecule is Nc1c(NCCc2ccccc2F)cccc1C(=O)O. The summed E-state index contributed by atoms with van der Waals surface area (Å²) < 4.78 is 13.4. The number of nitrogens with two attached hydrogens (primary N) is 1. The monoisotopic (exact) mass is 274 g/mol. The molecule has 0 aliphatic heterocycles. The van der Waals surface area contributed by atoms with Gasteiger partial charge in [0.05, 0.1) is 16.9 Å². The van der Waals surface area contributed by atoms with Gasteiger partial charge in [0.15, 0.2) is 0 Å². The zero-order valence-corrected chi connectivity index (χ0v) is 10.8. The van der Waals surface area contributed by atoms with E-state index in [-0.39, 0.29) is 17.1 Å². The minimum Gasteiger partial charge on any atom is -0.478 e. The van der Waals surface area contributed by atoms with Gasteiger partial charge in [0, 0.05) is 6.54 Å². The fourth-order valence-corrected chi connectivity index (χ4v) is 1.94. The lowest BCUT2D eigenvalue weighted by Gasteiger charge is -2.11. The van der Waals surface area contributed by atoms with E-state index in [0.717, 1.165) is 0 Å². The van der Waals surface area contributed by atoms with Crippen molar-refractivity contribution < 1.29 is 14.3 Å². The first-order valence-electron chi connectivity index (χ1n) is 6.18. The number of aromatic carboxylic acids is 1. The fraction of sp³-hybridized carbons (Fsp3) is 0.133. The first-order valence-corrected chi connectivity index (χ1v) is 6.18. The normalized spacial score (nSPS) is 10.2. The van der Waals surface area contributed by atoms with E-state index in [4.69, 9.17) is 10.8 Å².